The maximum absolute atomic E-state index is 11.1. The van der Waals surface area contributed by atoms with Crippen LogP contribution in [0.15, 0.2) is 64.1 Å². The third-order valence-corrected chi connectivity index (χ3v) is 5.25. The first-order valence-electron chi connectivity index (χ1n) is 7.07. The highest BCUT2D eigenvalue weighted by Gasteiger charge is 2.02. The first-order valence-corrected chi connectivity index (χ1v) is 8.87. The number of ketones is 1. The number of Topliss-reactive ketones (excluding diaryl/α,β-unsaturated/α-hetero) is 1. The summed E-state index contributed by atoms with van der Waals surface area (Å²) in [6.07, 6.45) is 7.96. The van der Waals surface area contributed by atoms with Crippen molar-refractivity contribution in [1.29, 1.82) is 0 Å². The molecule has 0 atom stereocenters. The van der Waals surface area contributed by atoms with Crippen molar-refractivity contribution in [2.75, 3.05) is 5.75 Å². The predicted molar refractivity (Wildman–Crippen MR) is 97.7 cm³/mol. The maximum atomic E-state index is 11.1. The second-order valence-corrected chi connectivity index (χ2v) is 7.27. The van der Waals surface area contributed by atoms with E-state index in [1.54, 1.807) is 30.0 Å². The number of thioether (sulfide) groups is 1. The molecule has 0 radical (unpaired) electrons. The van der Waals surface area contributed by atoms with Crippen LogP contribution in [0.3, 0.4) is 0 Å². The molecule has 2 rings (SSSR count). The molecular formula is C18H19NOS2. The molecule has 0 saturated carbocycles. The fourth-order valence-electron chi connectivity index (χ4n) is 1.69. The van der Waals surface area contributed by atoms with Gasteiger partial charge in [0.2, 0.25) is 0 Å². The smallest absolute Gasteiger partial charge is 0.155 e. The molecule has 4 heteroatoms. The predicted octanol–water partition coefficient (Wildman–Crippen LogP) is 5.43. The highest BCUT2D eigenvalue weighted by atomic mass is 32.2. The minimum absolute atomic E-state index is 0.109. The quantitative estimate of drug-likeness (QED) is 0.402. The van der Waals surface area contributed by atoms with E-state index in [9.17, 15) is 4.79 Å². The third-order valence-electron chi connectivity index (χ3n) is 3.15. The van der Waals surface area contributed by atoms with Gasteiger partial charge in [0.25, 0.3) is 0 Å². The first kappa shape index (κ1) is 16.7. The Balaban J connectivity index is 1.90. The number of aromatic nitrogens is 1. The zero-order chi connectivity index (χ0) is 15.9. The van der Waals surface area contributed by atoms with Gasteiger partial charge >= 0.3 is 0 Å². The molecule has 0 amide bonds. The van der Waals surface area contributed by atoms with Crippen molar-refractivity contribution in [2.45, 2.75) is 25.1 Å². The van der Waals surface area contributed by atoms with Crippen LogP contribution in [0.2, 0.25) is 0 Å². The lowest BCUT2D eigenvalue weighted by Gasteiger charge is -1.93. The molecular weight excluding hydrogens is 310 g/mol. The number of rotatable bonds is 6. The summed E-state index contributed by atoms with van der Waals surface area (Å²) in [6.45, 7) is 5.47. The maximum Gasteiger partial charge on any atom is 0.155 e. The fourth-order valence-corrected chi connectivity index (χ4v) is 3.74. The van der Waals surface area contributed by atoms with E-state index in [0.29, 0.717) is 0 Å². The zero-order valence-corrected chi connectivity index (χ0v) is 14.6. The number of fused-ring (bicyclic) bond motifs is 1. The Bertz CT molecular complexity index is 720. The molecule has 0 N–H and O–H groups in total. The Morgan fingerprint density at radius 2 is 2.05 bits per heavy atom. The highest BCUT2D eigenvalue weighted by Crippen LogP contribution is 2.29. The number of allylic oxidation sites excluding steroid dienone is 5. The molecule has 0 aliphatic rings. The molecule has 2 nitrogen and oxygen atoms in total. The van der Waals surface area contributed by atoms with Gasteiger partial charge in [-0.1, -0.05) is 53.8 Å². The molecule has 2 aromatic rings. The van der Waals surface area contributed by atoms with Crippen LogP contribution in [0.4, 0.5) is 0 Å². The lowest BCUT2D eigenvalue weighted by atomic mass is 10.2. The molecule has 0 bridgehead atoms. The summed E-state index contributed by atoms with van der Waals surface area (Å²) in [7, 11) is 0. The summed E-state index contributed by atoms with van der Waals surface area (Å²) < 4.78 is 2.33. The Kier molecular flexibility index (Phi) is 6.16. The van der Waals surface area contributed by atoms with E-state index in [1.807, 2.05) is 43.4 Å². The first-order chi connectivity index (χ1) is 10.6. The SMILES string of the molecule is CC(=O)/C(C)=C/C=C/C(C)=C/CSc1nc2ccccc2s1. The van der Waals surface area contributed by atoms with Gasteiger partial charge < -0.3 is 0 Å². The van der Waals surface area contributed by atoms with Gasteiger partial charge in [-0.25, -0.2) is 4.98 Å². The van der Waals surface area contributed by atoms with Crippen LogP contribution in [-0.4, -0.2) is 16.5 Å². The van der Waals surface area contributed by atoms with Crippen molar-refractivity contribution in [1.82, 2.24) is 4.98 Å². The van der Waals surface area contributed by atoms with E-state index in [0.717, 1.165) is 21.2 Å². The van der Waals surface area contributed by atoms with Crippen LogP contribution < -0.4 is 0 Å². The summed E-state index contributed by atoms with van der Waals surface area (Å²) in [5.74, 6) is 1.00. The Morgan fingerprint density at radius 3 is 2.77 bits per heavy atom. The van der Waals surface area contributed by atoms with E-state index in [4.69, 9.17) is 0 Å². The van der Waals surface area contributed by atoms with Crippen LogP contribution >= 0.6 is 23.1 Å². The molecule has 0 aliphatic heterocycles. The van der Waals surface area contributed by atoms with Crippen molar-refractivity contribution in [3.63, 3.8) is 0 Å². The fraction of sp³-hybridized carbons (Fsp3) is 0.222. The third kappa shape index (κ3) is 4.97. The molecule has 0 unspecified atom stereocenters. The van der Waals surface area contributed by atoms with Crippen molar-refractivity contribution in [2.24, 2.45) is 0 Å². The van der Waals surface area contributed by atoms with Gasteiger partial charge in [-0.3, -0.25) is 4.79 Å². The average molecular weight is 329 g/mol. The van der Waals surface area contributed by atoms with Gasteiger partial charge in [0.15, 0.2) is 10.1 Å². The summed E-state index contributed by atoms with van der Waals surface area (Å²) in [5.41, 5.74) is 3.02. The second-order valence-electron chi connectivity index (χ2n) is 4.97. The molecule has 1 heterocycles. The molecule has 0 aliphatic carbocycles. The number of nitrogens with zero attached hydrogens (tertiary/aromatic N) is 1. The van der Waals surface area contributed by atoms with Crippen LogP contribution in [0, 0.1) is 0 Å². The van der Waals surface area contributed by atoms with Gasteiger partial charge in [0.05, 0.1) is 10.2 Å². The van der Waals surface area contributed by atoms with Crippen molar-refractivity contribution in [3.8, 4) is 0 Å². The van der Waals surface area contributed by atoms with E-state index < -0.39 is 0 Å². The van der Waals surface area contributed by atoms with Gasteiger partial charge in [-0.15, -0.1) is 11.3 Å². The number of thiazole rings is 1. The molecule has 1 aromatic carbocycles. The summed E-state index contributed by atoms with van der Waals surface area (Å²) in [5, 5.41) is 0. The van der Waals surface area contributed by atoms with Gasteiger partial charge in [0, 0.05) is 5.75 Å². The molecule has 0 fully saturated rings. The summed E-state index contributed by atoms with van der Waals surface area (Å²) >= 11 is 3.48. The average Bonchev–Trinajstić information content (AvgIpc) is 2.89. The summed E-state index contributed by atoms with van der Waals surface area (Å²) in [6, 6.07) is 8.20. The Labute approximate surface area is 139 Å². The monoisotopic (exact) mass is 329 g/mol. The number of para-hydroxylation sites is 1. The summed E-state index contributed by atoms with van der Waals surface area (Å²) in [4.78, 5) is 15.7. The van der Waals surface area contributed by atoms with E-state index in [-0.39, 0.29) is 5.78 Å². The Hall–Kier alpha value is -1.65. The molecule has 22 heavy (non-hydrogen) atoms. The second kappa shape index (κ2) is 8.11. The minimum Gasteiger partial charge on any atom is -0.295 e. The number of carbonyl (C=O) groups excluding carboxylic acids is 1. The lowest BCUT2D eigenvalue weighted by molar-refractivity contribution is -0.113. The van der Waals surface area contributed by atoms with Gasteiger partial charge in [-0.2, -0.15) is 0 Å². The van der Waals surface area contributed by atoms with Crippen LogP contribution in [0.5, 0.6) is 0 Å². The van der Waals surface area contributed by atoms with Crippen LogP contribution in [0.25, 0.3) is 10.2 Å². The molecule has 1 aromatic heterocycles. The van der Waals surface area contributed by atoms with Crippen molar-refractivity contribution in [3.05, 3.63) is 59.7 Å². The van der Waals surface area contributed by atoms with Crippen LogP contribution in [-0.2, 0) is 4.79 Å². The molecule has 114 valence electrons. The van der Waals surface area contributed by atoms with Crippen LogP contribution in [0.1, 0.15) is 20.8 Å². The Morgan fingerprint density at radius 1 is 1.27 bits per heavy atom. The largest absolute Gasteiger partial charge is 0.295 e. The number of hydrogen-bond acceptors (Lipinski definition) is 4. The topological polar surface area (TPSA) is 30.0 Å². The normalized spacial score (nSPS) is 13.2. The molecule has 0 saturated heterocycles. The van der Waals surface area contributed by atoms with Crippen molar-refractivity contribution >= 4 is 39.1 Å². The standard InChI is InChI=1S/C18H19NOS2/c1-13(7-6-8-14(2)15(3)20)11-12-21-18-19-16-9-4-5-10-17(16)22-18/h4-11H,12H2,1-3H3/b7-6+,13-11+,14-8+. The zero-order valence-electron chi connectivity index (χ0n) is 13.0. The molecule has 0 spiro atoms. The van der Waals surface area contributed by atoms with Crippen molar-refractivity contribution < 1.29 is 4.79 Å². The number of carbonyl (C=O) groups is 1. The lowest BCUT2D eigenvalue weighted by Crippen LogP contribution is -1.89. The van der Waals surface area contributed by atoms with Gasteiger partial charge in [-0.05, 0) is 38.5 Å². The minimum atomic E-state index is 0.109. The van der Waals surface area contributed by atoms with E-state index in [2.05, 4.69) is 24.1 Å². The van der Waals surface area contributed by atoms with E-state index >= 15 is 0 Å². The number of benzene rings is 1. The highest BCUT2D eigenvalue weighted by molar-refractivity contribution is 8.01. The van der Waals surface area contributed by atoms with Gasteiger partial charge in [0.1, 0.15) is 0 Å². The number of hydrogen-bond donors (Lipinski definition) is 0. The van der Waals surface area contributed by atoms with E-state index in [1.165, 1.54) is 10.3 Å².